The van der Waals surface area contributed by atoms with Crippen LogP contribution in [0.3, 0.4) is 0 Å². The summed E-state index contributed by atoms with van der Waals surface area (Å²) in [5, 5.41) is 3.30. The summed E-state index contributed by atoms with van der Waals surface area (Å²) in [7, 11) is 3.91. The molecule has 0 bridgehead atoms. The van der Waals surface area contributed by atoms with Gasteiger partial charge in [0.2, 0.25) is 0 Å². The molecule has 1 aromatic carbocycles. The summed E-state index contributed by atoms with van der Waals surface area (Å²) in [5.74, 6) is 0. The number of thiazole rings is 1. The van der Waals surface area contributed by atoms with Crippen LogP contribution in [-0.4, -0.2) is 36.6 Å². The molecule has 7 heteroatoms. The molecule has 1 heterocycles. The highest BCUT2D eigenvalue weighted by atomic mass is 32.1. The van der Waals surface area contributed by atoms with E-state index in [9.17, 15) is 13.2 Å². The van der Waals surface area contributed by atoms with E-state index in [4.69, 9.17) is 0 Å². The van der Waals surface area contributed by atoms with Crippen molar-refractivity contribution < 1.29 is 13.2 Å². The second kappa shape index (κ2) is 7.11. The molecule has 0 radical (unpaired) electrons. The van der Waals surface area contributed by atoms with E-state index in [2.05, 4.69) is 15.2 Å². The Hall–Kier alpha value is -1.60. The largest absolute Gasteiger partial charge is 0.427 e. The average molecular weight is 329 g/mol. The van der Waals surface area contributed by atoms with Gasteiger partial charge in [-0.25, -0.2) is 4.98 Å². The molecular weight excluding hydrogens is 311 g/mol. The molecule has 2 rings (SSSR count). The molecule has 0 amide bonds. The van der Waals surface area contributed by atoms with E-state index in [0.717, 1.165) is 12.6 Å². The van der Waals surface area contributed by atoms with Crippen molar-refractivity contribution in [2.45, 2.75) is 18.6 Å². The third kappa shape index (κ3) is 4.71. The van der Waals surface area contributed by atoms with Crippen LogP contribution in [0.15, 0.2) is 36.5 Å². The highest BCUT2D eigenvalue weighted by molar-refractivity contribution is 7.15. The van der Waals surface area contributed by atoms with Gasteiger partial charge in [-0.15, -0.1) is 0 Å². The molecule has 2 aromatic rings. The lowest BCUT2D eigenvalue weighted by Crippen LogP contribution is -2.36. The van der Waals surface area contributed by atoms with Crippen LogP contribution < -0.4 is 5.32 Å². The molecule has 0 aliphatic rings. The van der Waals surface area contributed by atoms with Crippen LogP contribution in [-0.2, 0) is 12.6 Å². The zero-order valence-corrected chi connectivity index (χ0v) is 13.2. The maximum atomic E-state index is 12.6. The van der Waals surface area contributed by atoms with Crippen molar-refractivity contribution >= 4 is 16.5 Å². The van der Waals surface area contributed by atoms with Crippen LogP contribution in [0, 0.1) is 0 Å². The molecule has 3 nitrogen and oxygen atoms in total. The van der Waals surface area contributed by atoms with E-state index < -0.39 is 11.1 Å². The fourth-order valence-electron chi connectivity index (χ4n) is 2.02. The molecule has 120 valence electrons. The Morgan fingerprint density at radius 1 is 1.23 bits per heavy atom. The summed E-state index contributed by atoms with van der Waals surface area (Å²) in [4.78, 5) is 5.16. The Kier molecular flexibility index (Phi) is 5.42. The van der Waals surface area contributed by atoms with Gasteiger partial charge in [-0.3, -0.25) is 0 Å². The Morgan fingerprint density at radius 3 is 2.45 bits per heavy atom. The number of anilines is 1. The summed E-state index contributed by atoms with van der Waals surface area (Å²) in [6.07, 6.45) is -2.64. The number of rotatable bonds is 6. The van der Waals surface area contributed by atoms with Crippen molar-refractivity contribution in [2.24, 2.45) is 0 Å². The standard InChI is InChI=1S/C15H18F3N3S/c1-21(2)12(8-11-6-4-3-5-7-11)9-19-14-20-10-13(22-14)15(16,17)18/h3-7,10,12H,8-9H2,1-2H3,(H,19,20). The zero-order chi connectivity index (χ0) is 16.2. The minimum Gasteiger partial charge on any atom is -0.360 e. The van der Waals surface area contributed by atoms with E-state index >= 15 is 0 Å². The Labute approximate surface area is 131 Å². The van der Waals surface area contributed by atoms with E-state index in [-0.39, 0.29) is 6.04 Å². The number of alkyl halides is 3. The van der Waals surface area contributed by atoms with Gasteiger partial charge < -0.3 is 10.2 Å². The summed E-state index contributed by atoms with van der Waals surface area (Å²) in [5.41, 5.74) is 1.19. The van der Waals surface area contributed by atoms with E-state index in [1.807, 2.05) is 44.4 Å². The first-order chi connectivity index (χ1) is 10.4. The molecule has 1 aromatic heterocycles. The molecule has 0 spiro atoms. The first-order valence-electron chi connectivity index (χ1n) is 6.83. The third-order valence-electron chi connectivity index (χ3n) is 3.32. The van der Waals surface area contributed by atoms with Crippen LogP contribution >= 0.6 is 11.3 Å². The highest BCUT2D eigenvalue weighted by Crippen LogP contribution is 2.34. The predicted octanol–water partition coefficient (Wildman–Crippen LogP) is 3.75. The summed E-state index contributed by atoms with van der Waals surface area (Å²) < 4.78 is 37.7. The first kappa shape index (κ1) is 16.8. The molecule has 22 heavy (non-hydrogen) atoms. The molecule has 1 unspecified atom stereocenters. The molecule has 0 saturated heterocycles. The Bertz CT molecular complexity index is 581. The van der Waals surface area contributed by atoms with Gasteiger partial charge in [0.25, 0.3) is 0 Å². The van der Waals surface area contributed by atoms with Crippen molar-refractivity contribution in [1.29, 1.82) is 0 Å². The van der Waals surface area contributed by atoms with Gasteiger partial charge in [-0.05, 0) is 26.1 Å². The lowest BCUT2D eigenvalue weighted by molar-refractivity contribution is -0.134. The molecular formula is C15H18F3N3S. The molecule has 1 atom stereocenters. The zero-order valence-electron chi connectivity index (χ0n) is 12.4. The normalized spacial score (nSPS) is 13.4. The van der Waals surface area contributed by atoms with E-state index in [0.29, 0.717) is 23.0 Å². The number of likely N-dealkylation sites (N-methyl/N-ethyl adjacent to an activating group) is 1. The number of hydrogen-bond acceptors (Lipinski definition) is 4. The molecule has 0 fully saturated rings. The van der Waals surface area contributed by atoms with Gasteiger partial charge in [0.05, 0.1) is 6.20 Å². The van der Waals surface area contributed by atoms with Gasteiger partial charge in [0, 0.05) is 12.6 Å². The smallest absolute Gasteiger partial charge is 0.360 e. The molecule has 1 N–H and O–H groups in total. The van der Waals surface area contributed by atoms with Crippen LogP contribution in [0.2, 0.25) is 0 Å². The number of halogens is 3. The van der Waals surface area contributed by atoms with Crippen LogP contribution in [0.25, 0.3) is 0 Å². The van der Waals surface area contributed by atoms with Crippen molar-refractivity contribution in [3.63, 3.8) is 0 Å². The maximum absolute atomic E-state index is 12.6. The van der Waals surface area contributed by atoms with Gasteiger partial charge >= 0.3 is 6.18 Å². The third-order valence-corrected chi connectivity index (χ3v) is 4.32. The van der Waals surface area contributed by atoms with Crippen molar-refractivity contribution in [3.05, 3.63) is 47.0 Å². The van der Waals surface area contributed by atoms with Crippen LogP contribution in [0.4, 0.5) is 18.3 Å². The number of benzene rings is 1. The van der Waals surface area contributed by atoms with Gasteiger partial charge in [0.1, 0.15) is 4.88 Å². The maximum Gasteiger partial charge on any atom is 0.427 e. The second-order valence-corrected chi connectivity index (χ2v) is 6.25. The van der Waals surface area contributed by atoms with Crippen molar-refractivity contribution in [1.82, 2.24) is 9.88 Å². The minimum atomic E-state index is -4.33. The fourth-order valence-corrected chi connectivity index (χ4v) is 2.71. The SMILES string of the molecule is CN(C)C(CNc1ncc(C(F)(F)F)s1)Cc1ccccc1. The number of aromatic nitrogens is 1. The monoisotopic (exact) mass is 329 g/mol. The van der Waals surface area contributed by atoms with Gasteiger partial charge in [-0.2, -0.15) is 13.2 Å². The minimum absolute atomic E-state index is 0.167. The number of hydrogen-bond donors (Lipinski definition) is 1. The molecule has 0 aliphatic carbocycles. The Morgan fingerprint density at radius 2 is 1.91 bits per heavy atom. The van der Waals surface area contributed by atoms with Crippen LogP contribution in [0.5, 0.6) is 0 Å². The average Bonchev–Trinajstić information content (AvgIpc) is 2.93. The quantitative estimate of drug-likeness (QED) is 0.875. The lowest BCUT2D eigenvalue weighted by Gasteiger charge is -2.24. The Balaban J connectivity index is 1.96. The van der Waals surface area contributed by atoms with E-state index in [1.54, 1.807) is 0 Å². The predicted molar refractivity (Wildman–Crippen MR) is 83.2 cm³/mol. The van der Waals surface area contributed by atoms with Gasteiger partial charge in [0.15, 0.2) is 5.13 Å². The fraction of sp³-hybridized carbons (Fsp3) is 0.400. The molecule has 0 saturated carbocycles. The first-order valence-corrected chi connectivity index (χ1v) is 7.65. The summed E-state index contributed by atoms with van der Waals surface area (Å²) in [6.45, 7) is 0.534. The summed E-state index contributed by atoms with van der Waals surface area (Å²) in [6, 6.07) is 10.2. The van der Waals surface area contributed by atoms with Crippen molar-refractivity contribution in [2.75, 3.05) is 26.0 Å². The number of nitrogens with zero attached hydrogens (tertiary/aromatic N) is 2. The van der Waals surface area contributed by atoms with E-state index in [1.165, 1.54) is 5.56 Å². The van der Waals surface area contributed by atoms with Crippen molar-refractivity contribution in [3.8, 4) is 0 Å². The number of nitrogens with one attached hydrogen (secondary N) is 1. The highest BCUT2D eigenvalue weighted by Gasteiger charge is 2.33. The lowest BCUT2D eigenvalue weighted by atomic mass is 10.1. The summed E-state index contributed by atoms with van der Waals surface area (Å²) >= 11 is 0.634. The second-order valence-electron chi connectivity index (χ2n) is 5.22. The van der Waals surface area contributed by atoms with Crippen LogP contribution in [0.1, 0.15) is 10.4 Å². The topological polar surface area (TPSA) is 28.2 Å². The van der Waals surface area contributed by atoms with Gasteiger partial charge in [-0.1, -0.05) is 41.7 Å². The molecule has 0 aliphatic heterocycles.